The molecule has 3 rings (SSSR count). The van der Waals surface area contributed by atoms with Crippen molar-refractivity contribution in [3.8, 4) is 0 Å². The van der Waals surface area contributed by atoms with Crippen LogP contribution in [0.2, 0.25) is 0 Å². The molecule has 0 radical (unpaired) electrons. The minimum absolute atomic E-state index is 0.0795. The van der Waals surface area contributed by atoms with Crippen molar-refractivity contribution >= 4 is 5.91 Å². The Hall–Kier alpha value is -1.39. The van der Waals surface area contributed by atoms with E-state index in [-0.39, 0.29) is 5.91 Å². The topological polar surface area (TPSA) is 44.4 Å². The molecule has 0 aromatic heterocycles. The first-order valence-electron chi connectivity index (χ1n) is 8.06. The molecule has 1 aromatic carbocycles. The van der Waals surface area contributed by atoms with Crippen molar-refractivity contribution in [2.45, 2.75) is 31.8 Å². The predicted octanol–water partition coefficient (Wildman–Crippen LogP) is 1.38. The summed E-state index contributed by atoms with van der Waals surface area (Å²) >= 11 is 0. The molecule has 2 aliphatic rings. The molecule has 1 atom stereocenters. The second-order valence-electron chi connectivity index (χ2n) is 6.27. The summed E-state index contributed by atoms with van der Waals surface area (Å²) in [5, 5.41) is 6.25. The van der Waals surface area contributed by atoms with E-state index in [1.165, 1.54) is 32.4 Å². The number of nitrogens with zero attached hydrogens (tertiary/aromatic N) is 1. The summed E-state index contributed by atoms with van der Waals surface area (Å²) in [5.41, 5.74) is 1.14. The van der Waals surface area contributed by atoms with Crippen molar-refractivity contribution in [3.63, 3.8) is 0 Å². The first-order valence-corrected chi connectivity index (χ1v) is 8.06. The minimum atomic E-state index is 0.0795. The van der Waals surface area contributed by atoms with E-state index in [1.807, 2.05) is 30.3 Å². The van der Waals surface area contributed by atoms with Gasteiger partial charge in [0.15, 0.2) is 0 Å². The molecule has 2 fully saturated rings. The molecule has 1 aliphatic heterocycles. The van der Waals surface area contributed by atoms with Crippen LogP contribution < -0.4 is 10.6 Å². The standard InChI is InChI=1S/C17H25N3O/c21-17(19-11-14-4-2-1-3-5-14)12-18-10-15-8-9-20(13-15)16-6-7-16/h1-5,15-16,18H,6-13H2,(H,19,21). The maximum Gasteiger partial charge on any atom is 0.234 e. The molecule has 1 unspecified atom stereocenters. The van der Waals surface area contributed by atoms with Crippen LogP contribution in [0.15, 0.2) is 30.3 Å². The Kier molecular flexibility index (Phi) is 4.88. The monoisotopic (exact) mass is 287 g/mol. The van der Waals surface area contributed by atoms with Crippen molar-refractivity contribution in [1.29, 1.82) is 0 Å². The quantitative estimate of drug-likeness (QED) is 0.796. The van der Waals surface area contributed by atoms with Crippen molar-refractivity contribution in [2.75, 3.05) is 26.2 Å². The molecule has 4 heteroatoms. The molecule has 1 aromatic rings. The zero-order valence-corrected chi connectivity index (χ0v) is 12.6. The Morgan fingerprint density at radius 1 is 1.19 bits per heavy atom. The fraction of sp³-hybridized carbons (Fsp3) is 0.588. The van der Waals surface area contributed by atoms with Crippen molar-refractivity contribution in [2.24, 2.45) is 5.92 Å². The van der Waals surface area contributed by atoms with Gasteiger partial charge in [-0.05, 0) is 43.8 Å². The van der Waals surface area contributed by atoms with Gasteiger partial charge in [-0.15, -0.1) is 0 Å². The number of likely N-dealkylation sites (tertiary alicyclic amines) is 1. The fourth-order valence-electron chi connectivity index (χ4n) is 3.05. The third-order valence-corrected chi connectivity index (χ3v) is 4.43. The molecular weight excluding hydrogens is 262 g/mol. The summed E-state index contributed by atoms with van der Waals surface area (Å²) in [6.45, 7) is 4.45. The Bertz CT molecular complexity index is 458. The van der Waals surface area contributed by atoms with Gasteiger partial charge in [0.25, 0.3) is 0 Å². The normalized spacial score (nSPS) is 22.4. The van der Waals surface area contributed by atoms with Gasteiger partial charge < -0.3 is 15.5 Å². The number of hydrogen-bond acceptors (Lipinski definition) is 3. The lowest BCUT2D eigenvalue weighted by Crippen LogP contribution is -2.36. The molecule has 4 nitrogen and oxygen atoms in total. The fourth-order valence-corrected chi connectivity index (χ4v) is 3.05. The number of nitrogens with one attached hydrogen (secondary N) is 2. The van der Waals surface area contributed by atoms with E-state index in [0.717, 1.165) is 18.2 Å². The number of carbonyl (C=O) groups is 1. The first-order chi connectivity index (χ1) is 10.3. The van der Waals surface area contributed by atoms with Gasteiger partial charge >= 0.3 is 0 Å². The van der Waals surface area contributed by atoms with Crippen molar-refractivity contribution < 1.29 is 4.79 Å². The highest BCUT2D eigenvalue weighted by atomic mass is 16.1. The number of carbonyl (C=O) groups excluding carboxylic acids is 1. The Balaban J connectivity index is 1.28. The average molecular weight is 287 g/mol. The highest BCUT2D eigenvalue weighted by Gasteiger charge is 2.33. The summed E-state index contributed by atoms with van der Waals surface area (Å²) in [4.78, 5) is 14.4. The second-order valence-corrected chi connectivity index (χ2v) is 6.27. The Morgan fingerprint density at radius 2 is 2.00 bits per heavy atom. The SMILES string of the molecule is O=C(CNCC1CCN(C2CC2)C1)NCc1ccccc1. The zero-order chi connectivity index (χ0) is 14.5. The summed E-state index contributed by atoms with van der Waals surface area (Å²) in [5.74, 6) is 0.795. The summed E-state index contributed by atoms with van der Waals surface area (Å²) in [6.07, 6.45) is 4.05. The van der Waals surface area contributed by atoms with E-state index in [9.17, 15) is 4.79 Å². The average Bonchev–Trinajstić information content (AvgIpc) is 3.26. The highest BCUT2D eigenvalue weighted by molar-refractivity contribution is 5.77. The molecule has 1 amide bonds. The second kappa shape index (κ2) is 7.05. The minimum Gasteiger partial charge on any atom is -0.351 e. The van der Waals surface area contributed by atoms with Gasteiger partial charge in [0, 0.05) is 19.1 Å². The van der Waals surface area contributed by atoms with Gasteiger partial charge in [-0.2, -0.15) is 0 Å². The van der Waals surface area contributed by atoms with Crippen LogP contribution in [-0.4, -0.2) is 43.0 Å². The van der Waals surface area contributed by atoms with Gasteiger partial charge in [0.2, 0.25) is 5.91 Å². The summed E-state index contributed by atoms with van der Waals surface area (Å²) in [6, 6.07) is 10.9. The summed E-state index contributed by atoms with van der Waals surface area (Å²) < 4.78 is 0. The predicted molar refractivity (Wildman–Crippen MR) is 83.9 cm³/mol. The largest absolute Gasteiger partial charge is 0.351 e. The van der Waals surface area contributed by atoms with Gasteiger partial charge in [0.05, 0.1) is 6.54 Å². The summed E-state index contributed by atoms with van der Waals surface area (Å²) in [7, 11) is 0. The van der Waals surface area contributed by atoms with Crippen LogP contribution in [-0.2, 0) is 11.3 Å². The lowest BCUT2D eigenvalue weighted by Gasteiger charge is -2.15. The van der Waals surface area contributed by atoms with Crippen LogP contribution in [0.5, 0.6) is 0 Å². The number of rotatable bonds is 7. The van der Waals surface area contributed by atoms with E-state index in [0.29, 0.717) is 19.0 Å². The lowest BCUT2D eigenvalue weighted by atomic mass is 10.1. The molecule has 2 N–H and O–H groups in total. The Morgan fingerprint density at radius 3 is 2.76 bits per heavy atom. The van der Waals surface area contributed by atoms with Crippen LogP contribution >= 0.6 is 0 Å². The molecule has 0 spiro atoms. The van der Waals surface area contributed by atoms with Gasteiger partial charge in [-0.1, -0.05) is 30.3 Å². The maximum atomic E-state index is 11.8. The van der Waals surface area contributed by atoms with E-state index >= 15 is 0 Å². The smallest absolute Gasteiger partial charge is 0.234 e. The number of amides is 1. The van der Waals surface area contributed by atoms with Gasteiger partial charge in [-0.25, -0.2) is 0 Å². The molecule has 1 aliphatic carbocycles. The Labute approximate surface area is 126 Å². The highest BCUT2D eigenvalue weighted by Crippen LogP contribution is 2.31. The number of hydrogen-bond donors (Lipinski definition) is 2. The molecular formula is C17H25N3O. The maximum absolute atomic E-state index is 11.8. The third-order valence-electron chi connectivity index (χ3n) is 4.43. The molecule has 1 heterocycles. The van der Waals surface area contributed by atoms with E-state index in [2.05, 4.69) is 15.5 Å². The molecule has 1 saturated heterocycles. The van der Waals surface area contributed by atoms with Crippen LogP contribution in [0, 0.1) is 5.92 Å². The van der Waals surface area contributed by atoms with E-state index in [4.69, 9.17) is 0 Å². The number of benzene rings is 1. The van der Waals surface area contributed by atoms with Crippen LogP contribution in [0.3, 0.4) is 0 Å². The van der Waals surface area contributed by atoms with Crippen LogP contribution in [0.4, 0.5) is 0 Å². The van der Waals surface area contributed by atoms with Crippen LogP contribution in [0.1, 0.15) is 24.8 Å². The van der Waals surface area contributed by atoms with Crippen molar-refractivity contribution in [1.82, 2.24) is 15.5 Å². The third kappa shape index (κ3) is 4.55. The molecule has 1 saturated carbocycles. The lowest BCUT2D eigenvalue weighted by molar-refractivity contribution is -0.120. The van der Waals surface area contributed by atoms with Gasteiger partial charge in [0.1, 0.15) is 0 Å². The first kappa shape index (κ1) is 14.5. The van der Waals surface area contributed by atoms with Crippen LogP contribution in [0.25, 0.3) is 0 Å². The van der Waals surface area contributed by atoms with E-state index in [1.54, 1.807) is 0 Å². The van der Waals surface area contributed by atoms with Gasteiger partial charge in [-0.3, -0.25) is 4.79 Å². The molecule has 21 heavy (non-hydrogen) atoms. The zero-order valence-electron chi connectivity index (χ0n) is 12.6. The van der Waals surface area contributed by atoms with Crippen molar-refractivity contribution in [3.05, 3.63) is 35.9 Å². The van der Waals surface area contributed by atoms with E-state index < -0.39 is 0 Å². The molecule has 0 bridgehead atoms. The molecule has 114 valence electrons.